The Hall–Kier alpha value is -2.08. The Morgan fingerprint density at radius 2 is 1.74 bits per heavy atom. The minimum absolute atomic E-state index is 0.0738. The first kappa shape index (κ1) is 13.4. The maximum Gasteiger partial charge on any atom is 0.417 e. The average molecular weight is 269 g/mol. The Morgan fingerprint density at radius 1 is 1.05 bits per heavy atom. The van der Waals surface area contributed by atoms with E-state index in [9.17, 15) is 13.2 Å². The van der Waals surface area contributed by atoms with Gasteiger partial charge in [-0.05, 0) is 23.8 Å². The van der Waals surface area contributed by atoms with Crippen LogP contribution in [0.15, 0.2) is 42.6 Å². The molecule has 1 aromatic carbocycles. The Balaban J connectivity index is 2.10. The molecular weight excluding hydrogens is 259 g/mol. The van der Waals surface area contributed by atoms with Crippen LogP contribution in [-0.4, -0.2) is 10.1 Å². The normalized spacial score (nSPS) is 11.4. The highest BCUT2D eigenvalue weighted by atomic mass is 19.4. The summed E-state index contributed by atoms with van der Waals surface area (Å²) in [6.45, 7) is -0.0845. The van der Waals surface area contributed by atoms with E-state index in [-0.39, 0.29) is 12.5 Å². The van der Waals surface area contributed by atoms with Crippen molar-refractivity contribution in [3.8, 4) is 11.6 Å². The fourth-order valence-electron chi connectivity index (χ4n) is 1.39. The average Bonchev–Trinajstić information content (AvgIpc) is 2.39. The molecule has 1 heterocycles. The van der Waals surface area contributed by atoms with Crippen molar-refractivity contribution in [2.75, 3.05) is 0 Å². The van der Waals surface area contributed by atoms with Gasteiger partial charge in [0, 0.05) is 12.3 Å². The van der Waals surface area contributed by atoms with Crippen molar-refractivity contribution in [1.82, 2.24) is 4.98 Å². The molecule has 0 aliphatic rings. The second-order valence-corrected chi connectivity index (χ2v) is 3.79. The van der Waals surface area contributed by atoms with Crippen LogP contribution in [-0.2, 0) is 12.8 Å². The first-order valence-electron chi connectivity index (χ1n) is 5.40. The molecule has 100 valence electrons. The van der Waals surface area contributed by atoms with Crippen molar-refractivity contribution >= 4 is 0 Å². The van der Waals surface area contributed by atoms with Gasteiger partial charge in [-0.15, -0.1) is 0 Å². The van der Waals surface area contributed by atoms with Gasteiger partial charge in [0.1, 0.15) is 5.75 Å². The minimum Gasteiger partial charge on any atom is -0.439 e. The molecule has 0 atom stereocenters. The van der Waals surface area contributed by atoms with Crippen LogP contribution in [0.4, 0.5) is 13.2 Å². The number of aromatic nitrogens is 1. The van der Waals surface area contributed by atoms with Crippen LogP contribution >= 0.6 is 0 Å². The van der Waals surface area contributed by atoms with E-state index in [0.29, 0.717) is 11.3 Å². The zero-order valence-electron chi connectivity index (χ0n) is 9.69. The Bertz CT molecular complexity index is 535. The molecule has 0 saturated heterocycles. The highest BCUT2D eigenvalue weighted by Gasteiger charge is 2.30. The maximum atomic E-state index is 12.3. The lowest BCUT2D eigenvalue weighted by atomic mass is 10.2. The molecule has 0 amide bonds. The van der Waals surface area contributed by atoms with Gasteiger partial charge in [0.05, 0.1) is 12.2 Å². The van der Waals surface area contributed by atoms with Crippen LogP contribution < -0.4 is 4.74 Å². The number of alkyl halides is 3. The van der Waals surface area contributed by atoms with E-state index >= 15 is 0 Å². The van der Waals surface area contributed by atoms with Gasteiger partial charge in [-0.3, -0.25) is 0 Å². The fraction of sp³-hybridized carbons (Fsp3) is 0.154. The number of ether oxygens (including phenoxy) is 1. The number of hydrogen-bond acceptors (Lipinski definition) is 3. The lowest BCUT2D eigenvalue weighted by Crippen LogP contribution is -2.05. The number of aliphatic hydroxyl groups excluding tert-OH is 1. The molecule has 2 aromatic rings. The third-order valence-corrected chi connectivity index (χ3v) is 2.39. The second kappa shape index (κ2) is 5.27. The van der Waals surface area contributed by atoms with Gasteiger partial charge in [-0.1, -0.05) is 12.1 Å². The highest BCUT2D eigenvalue weighted by Crippen LogP contribution is 2.30. The summed E-state index contributed by atoms with van der Waals surface area (Å²) in [5.74, 6) is 0.509. The molecule has 2 rings (SSSR count). The smallest absolute Gasteiger partial charge is 0.417 e. The molecule has 0 aliphatic carbocycles. The Kier molecular flexibility index (Phi) is 3.71. The van der Waals surface area contributed by atoms with Gasteiger partial charge in [-0.2, -0.15) is 13.2 Å². The summed E-state index contributed by atoms with van der Waals surface area (Å²) in [6, 6.07) is 8.57. The summed E-state index contributed by atoms with van der Waals surface area (Å²) in [4.78, 5) is 3.59. The maximum absolute atomic E-state index is 12.3. The van der Waals surface area contributed by atoms with E-state index < -0.39 is 11.7 Å². The Morgan fingerprint density at radius 3 is 2.21 bits per heavy atom. The van der Waals surface area contributed by atoms with Gasteiger partial charge >= 0.3 is 6.18 Å². The number of benzene rings is 1. The molecule has 6 heteroatoms. The SMILES string of the molecule is OCc1ccc(Oc2ccc(C(F)(F)F)cn2)cc1. The molecule has 1 aromatic heterocycles. The molecule has 0 aliphatic heterocycles. The number of hydrogen-bond donors (Lipinski definition) is 1. The van der Waals surface area contributed by atoms with E-state index in [2.05, 4.69) is 4.98 Å². The molecule has 1 N–H and O–H groups in total. The van der Waals surface area contributed by atoms with Crippen LogP contribution in [0, 0.1) is 0 Å². The first-order chi connectivity index (χ1) is 8.99. The van der Waals surface area contributed by atoms with Crippen molar-refractivity contribution in [3.05, 3.63) is 53.7 Å². The van der Waals surface area contributed by atoms with E-state index in [1.54, 1.807) is 24.3 Å². The summed E-state index contributed by atoms with van der Waals surface area (Å²) < 4.78 is 42.3. The molecule has 0 bridgehead atoms. The fourth-order valence-corrected chi connectivity index (χ4v) is 1.39. The first-order valence-corrected chi connectivity index (χ1v) is 5.40. The van der Waals surface area contributed by atoms with Gasteiger partial charge < -0.3 is 9.84 Å². The lowest BCUT2D eigenvalue weighted by molar-refractivity contribution is -0.137. The molecule has 0 radical (unpaired) electrons. The largest absolute Gasteiger partial charge is 0.439 e. The van der Waals surface area contributed by atoms with Crippen molar-refractivity contribution < 1.29 is 23.0 Å². The summed E-state index contributed by atoms with van der Waals surface area (Å²) in [7, 11) is 0. The van der Waals surface area contributed by atoms with Gasteiger partial charge in [0.25, 0.3) is 0 Å². The molecule has 3 nitrogen and oxygen atoms in total. The Labute approximate surface area is 107 Å². The molecule has 0 saturated carbocycles. The number of halogens is 3. The zero-order chi connectivity index (χ0) is 13.9. The molecule has 0 fully saturated rings. The predicted molar refractivity (Wildman–Crippen MR) is 61.7 cm³/mol. The van der Waals surface area contributed by atoms with E-state index in [1.165, 1.54) is 0 Å². The van der Waals surface area contributed by atoms with Crippen molar-refractivity contribution in [1.29, 1.82) is 0 Å². The van der Waals surface area contributed by atoms with Crippen LogP contribution in [0.3, 0.4) is 0 Å². The van der Waals surface area contributed by atoms with Crippen LogP contribution in [0.1, 0.15) is 11.1 Å². The summed E-state index contributed by atoms with van der Waals surface area (Å²) in [5.41, 5.74) is -0.108. The molecule has 0 unspecified atom stereocenters. The lowest BCUT2D eigenvalue weighted by Gasteiger charge is -2.08. The standard InChI is InChI=1S/C13H10F3NO2/c14-13(15,16)10-3-6-12(17-7-10)19-11-4-1-9(8-18)2-5-11/h1-7,18H,8H2. The molecular formula is C13H10F3NO2. The summed E-state index contributed by atoms with van der Waals surface area (Å²) in [5, 5.41) is 8.87. The molecule has 19 heavy (non-hydrogen) atoms. The quantitative estimate of drug-likeness (QED) is 0.928. The minimum atomic E-state index is -4.41. The van der Waals surface area contributed by atoms with Gasteiger partial charge in [0.2, 0.25) is 5.88 Å². The van der Waals surface area contributed by atoms with E-state index in [4.69, 9.17) is 9.84 Å². The second-order valence-electron chi connectivity index (χ2n) is 3.79. The van der Waals surface area contributed by atoms with Crippen molar-refractivity contribution in [2.24, 2.45) is 0 Å². The monoisotopic (exact) mass is 269 g/mol. The van der Waals surface area contributed by atoms with E-state index in [0.717, 1.165) is 18.3 Å². The third-order valence-electron chi connectivity index (χ3n) is 2.39. The van der Waals surface area contributed by atoms with Gasteiger partial charge in [0.15, 0.2) is 0 Å². The van der Waals surface area contributed by atoms with Crippen molar-refractivity contribution in [2.45, 2.75) is 12.8 Å². The zero-order valence-corrected chi connectivity index (χ0v) is 9.69. The van der Waals surface area contributed by atoms with Crippen LogP contribution in [0.5, 0.6) is 11.6 Å². The van der Waals surface area contributed by atoms with Crippen LogP contribution in [0.25, 0.3) is 0 Å². The van der Waals surface area contributed by atoms with Gasteiger partial charge in [-0.25, -0.2) is 4.98 Å². The number of nitrogens with zero attached hydrogens (tertiary/aromatic N) is 1. The molecule has 0 spiro atoms. The predicted octanol–water partition coefficient (Wildman–Crippen LogP) is 3.39. The summed E-state index contributed by atoms with van der Waals surface area (Å²) in [6.07, 6.45) is -3.69. The third kappa shape index (κ3) is 3.45. The number of rotatable bonds is 3. The van der Waals surface area contributed by atoms with Crippen LogP contribution in [0.2, 0.25) is 0 Å². The number of pyridine rings is 1. The summed E-state index contributed by atoms with van der Waals surface area (Å²) >= 11 is 0. The topological polar surface area (TPSA) is 42.4 Å². The van der Waals surface area contributed by atoms with Crippen molar-refractivity contribution in [3.63, 3.8) is 0 Å². The number of aliphatic hydroxyl groups is 1. The highest BCUT2D eigenvalue weighted by molar-refractivity contribution is 5.31. The van der Waals surface area contributed by atoms with E-state index in [1.807, 2.05) is 0 Å².